The van der Waals surface area contributed by atoms with Crippen LogP contribution in [0.4, 0.5) is 0 Å². The first-order valence-corrected chi connectivity index (χ1v) is 8.19. The Morgan fingerprint density at radius 3 is 3.10 bits per heavy atom. The molecule has 0 spiro atoms. The number of carbonyl (C=O) groups excluding carboxylic acids is 2. The van der Waals surface area contributed by atoms with Gasteiger partial charge in [-0.15, -0.1) is 11.3 Å². The lowest BCUT2D eigenvalue weighted by atomic mass is 10.2. The molecule has 116 valence electrons. The topological polar surface area (TPSA) is 58.6 Å². The van der Waals surface area contributed by atoms with Gasteiger partial charge in [-0.2, -0.15) is 0 Å². The number of nitrogens with zero attached hydrogens (tertiary/aromatic N) is 1. The Labute approximate surface area is 129 Å². The number of amides is 1. The molecule has 2 rings (SSSR count). The number of carbonyl (C=O) groups is 2. The number of esters is 1. The molecule has 1 aromatic rings. The molecule has 1 amide bonds. The summed E-state index contributed by atoms with van der Waals surface area (Å²) in [5.74, 6) is -0.204. The van der Waals surface area contributed by atoms with Gasteiger partial charge in [-0.05, 0) is 37.3 Å². The van der Waals surface area contributed by atoms with Gasteiger partial charge in [0.1, 0.15) is 0 Å². The maximum atomic E-state index is 12.0. The van der Waals surface area contributed by atoms with Gasteiger partial charge >= 0.3 is 5.97 Å². The monoisotopic (exact) mass is 310 g/mol. The van der Waals surface area contributed by atoms with Crippen molar-refractivity contribution in [2.45, 2.75) is 31.7 Å². The minimum atomic E-state index is -0.235. The van der Waals surface area contributed by atoms with Crippen molar-refractivity contribution in [2.75, 3.05) is 26.7 Å². The van der Waals surface area contributed by atoms with Crippen LogP contribution < -0.4 is 5.32 Å². The van der Waals surface area contributed by atoms with E-state index < -0.39 is 0 Å². The molecule has 0 radical (unpaired) electrons. The van der Waals surface area contributed by atoms with Gasteiger partial charge < -0.3 is 10.1 Å². The molecule has 1 aromatic heterocycles. The first-order valence-electron chi connectivity index (χ1n) is 7.31. The fourth-order valence-electron chi connectivity index (χ4n) is 2.62. The van der Waals surface area contributed by atoms with Crippen LogP contribution in [-0.2, 0) is 14.3 Å². The van der Waals surface area contributed by atoms with Crippen LogP contribution in [0.15, 0.2) is 17.5 Å². The number of likely N-dealkylation sites (tertiary alicyclic amines) is 1. The van der Waals surface area contributed by atoms with Crippen LogP contribution in [0.5, 0.6) is 0 Å². The second kappa shape index (κ2) is 8.14. The average molecular weight is 310 g/mol. The lowest BCUT2D eigenvalue weighted by Crippen LogP contribution is -2.37. The molecule has 6 heteroatoms. The molecule has 0 bridgehead atoms. The van der Waals surface area contributed by atoms with E-state index in [4.69, 9.17) is 0 Å². The van der Waals surface area contributed by atoms with Crippen molar-refractivity contribution in [2.24, 2.45) is 0 Å². The fraction of sp³-hybridized carbons (Fsp3) is 0.600. The standard InChI is InChI=1S/C15H22N2O3S/c1-20-15(19)7-2-8-16-14(18)11-17-9-3-5-12(17)13-6-4-10-21-13/h4,6,10,12H,2-3,5,7-9,11H2,1H3,(H,16,18). The molecule has 1 saturated heterocycles. The third kappa shape index (κ3) is 4.82. The van der Waals surface area contributed by atoms with Crippen LogP contribution in [0.2, 0.25) is 0 Å². The molecule has 0 aromatic carbocycles. The zero-order valence-electron chi connectivity index (χ0n) is 12.3. The van der Waals surface area contributed by atoms with Crippen molar-refractivity contribution in [1.29, 1.82) is 0 Å². The predicted molar refractivity (Wildman–Crippen MR) is 82.1 cm³/mol. The summed E-state index contributed by atoms with van der Waals surface area (Å²) in [6.45, 7) is 1.92. The normalized spacial score (nSPS) is 18.6. The summed E-state index contributed by atoms with van der Waals surface area (Å²) in [5.41, 5.74) is 0. The quantitative estimate of drug-likeness (QED) is 0.618. The molecule has 1 unspecified atom stereocenters. The van der Waals surface area contributed by atoms with Crippen molar-refractivity contribution in [3.05, 3.63) is 22.4 Å². The van der Waals surface area contributed by atoms with E-state index in [1.807, 2.05) is 0 Å². The van der Waals surface area contributed by atoms with Crippen molar-refractivity contribution in [3.63, 3.8) is 0 Å². The van der Waals surface area contributed by atoms with Gasteiger partial charge in [-0.1, -0.05) is 6.07 Å². The molecule has 0 saturated carbocycles. The number of methoxy groups -OCH3 is 1. The molecule has 1 N–H and O–H groups in total. The number of hydrogen-bond donors (Lipinski definition) is 1. The third-order valence-corrected chi connectivity index (χ3v) is 4.66. The maximum Gasteiger partial charge on any atom is 0.305 e. The molecule has 2 heterocycles. The Bertz CT molecular complexity index is 461. The van der Waals surface area contributed by atoms with Gasteiger partial charge in [0.2, 0.25) is 5.91 Å². The predicted octanol–water partition coefficient (Wildman–Crippen LogP) is 1.95. The van der Waals surface area contributed by atoms with E-state index >= 15 is 0 Å². The largest absolute Gasteiger partial charge is 0.469 e. The van der Waals surface area contributed by atoms with E-state index in [0.717, 1.165) is 19.4 Å². The summed E-state index contributed by atoms with van der Waals surface area (Å²) < 4.78 is 4.56. The van der Waals surface area contributed by atoms with Crippen molar-refractivity contribution < 1.29 is 14.3 Å². The Balaban J connectivity index is 1.71. The van der Waals surface area contributed by atoms with E-state index in [2.05, 4.69) is 32.5 Å². The first kappa shape index (κ1) is 16.0. The number of hydrogen-bond acceptors (Lipinski definition) is 5. The minimum Gasteiger partial charge on any atom is -0.469 e. The second-order valence-corrected chi connectivity index (χ2v) is 6.15. The van der Waals surface area contributed by atoms with Gasteiger partial charge in [0.05, 0.1) is 13.7 Å². The number of ether oxygens (including phenoxy) is 1. The van der Waals surface area contributed by atoms with E-state index in [-0.39, 0.29) is 11.9 Å². The van der Waals surface area contributed by atoms with Crippen molar-refractivity contribution >= 4 is 23.2 Å². The number of nitrogens with one attached hydrogen (secondary N) is 1. The Hall–Kier alpha value is -1.40. The van der Waals surface area contributed by atoms with Gasteiger partial charge in [-0.3, -0.25) is 14.5 Å². The highest BCUT2D eigenvalue weighted by molar-refractivity contribution is 7.10. The molecular weight excluding hydrogens is 288 g/mol. The smallest absolute Gasteiger partial charge is 0.305 e. The Morgan fingerprint density at radius 2 is 2.38 bits per heavy atom. The van der Waals surface area contributed by atoms with Gasteiger partial charge in [-0.25, -0.2) is 0 Å². The maximum absolute atomic E-state index is 12.0. The molecule has 1 aliphatic heterocycles. The lowest BCUT2D eigenvalue weighted by molar-refractivity contribution is -0.140. The third-order valence-electron chi connectivity index (χ3n) is 3.69. The van der Waals surface area contributed by atoms with Gasteiger partial charge in [0.15, 0.2) is 0 Å². The lowest BCUT2D eigenvalue weighted by Gasteiger charge is -2.22. The number of thiophene rings is 1. The zero-order valence-corrected chi connectivity index (χ0v) is 13.2. The Morgan fingerprint density at radius 1 is 1.52 bits per heavy atom. The zero-order chi connectivity index (χ0) is 15.1. The van der Waals surface area contributed by atoms with Gasteiger partial charge in [0.25, 0.3) is 0 Å². The molecule has 0 aliphatic carbocycles. The summed E-state index contributed by atoms with van der Waals surface area (Å²) >= 11 is 1.75. The molecule has 21 heavy (non-hydrogen) atoms. The van der Waals surface area contributed by atoms with Crippen molar-refractivity contribution in [1.82, 2.24) is 10.2 Å². The fourth-order valence-corrected chi connectivity index (χ4v) is 3.52. The first-order chi connectivity index (χ1) is 10.2. The second-order valence-electron chi connectivity index (χ2n) is 5.17. The van der Waals surface area contributed by atoms with E-state index in [1.54, 1.807) is 11.3 Å². The van der Waals surface area contributed by atoms with E-state index in [1.165, 1.54) is 12.0 Å². The van der Waals surface area contributed by atoms with Gasteiger partial charge in [0, 0.05) is 23.9 Å². The molecule has 5 nitrogen and oxygen atoms in total. The Kier molecular flexibility index (Phi) is 6.20. The van der Waals surface area contributed by atoms with Crippen LogP contribution in [0.25, 0.3) is 0 Å². The SMILES string of the molecule is COC(=O)CCCNC(=O)CN1CCCC1c1cccs1. The summed E-state index contributed by atoms with van der Waals surface area (Å²) in [5, 5.41) is 4.95. The summed E-state index contributed by atoms with van der Waals surface area (Å²) in [7, 11) is 1.37. The summed E-state index contributed by atoms with van der Waals surface area (Å²) in [4.78, 5) is 26.5. The van der Waals surface area contributed by atoms with Crippen LogP contribution >= 0.6 is 11.3 Å². The number of rotatable bonds is 7. The van der Waals surface area contributed by atoms with Crippen LogP contribution in [0.3, 0.4) is 0 Å². The van der Waals surface area contributed by atoms with Crippen molar-refractivity contribution in [3.8, 4) is 0 Å². The molecular formula is C15H22N2O3S. The van der Waals surface area contributed by atoms with E-state index in [0.29, 0.717) is 32.0 Å². The highest BCUT2D eigenvalue weighted by Gasteiger charge is 2.27. The molecule has 1 atom stereocenters. The van der Waals surface area contributed by atoms with E-state index in [9.17, 15) is 9.59 Å². The van der Waals surface area contributed by atoms with Crippen LogP contribution in [0.1, 0.15) is 36.6 Å². The molecule has 1 aliphatic rings. The van der Waals surface area contributed by atoms with Crippen LogP contribution in [0, 0.1) is 0 Å². The highest BCUT2D eigenvalue weighted by Crippen LogP contribution is 2.33. The van der Waals surface area contributed by atoms with Crippen LogP contribution in [-0.4, -0.2) is 43.5 Å². The summed E-state index contributed by atoms with van der Waals surface area (Å²) in [6.07, 6.45) is 3.22. The minimum absolute atomic E-state index is 0.0309. The average Bonchev–Trinajstić information content (AvgIpc) is 3.13. The summed E-state index contributed by atoms with van der Waals surface area (Å²) in [6, 6.07) is 4.58. The highest BCUT2D eigenvalue weighted by atomic mass is 32.1. The molecule has 1 fully saturated rings.